The molecule has 0 saturated carbocycles. The minimum Gasteiger partial charge on any atom is -0.478 e. The van der Waals surface area contributed by atoms with E-state index in [1.54, 1.807) is 13.8 Å². The number of aromatic nitrogens is 2. The Morgan fingerprint density at radius 3 is 2.12 bits per heavy atom. The van der Waals surface area contributed by atoms with Crippen LogP contribution in [0.4, 0.5) is 0 Å². The molecule has 94 valence electrons. The highest BCUT2D eigenvalue weighted by Crippen LogP contribution is 2.23. The molecule has 1 aromatic rings. The lowest BCUT2D eigenvalue weighted by atomic mass is 10.1. The molecule has 1 aromatic heterocycles. The van der Waals surface area contributed by atoms with Gasteiger partial charge in [-0.1, -0.05) is 0 Å². The average molecular weight is 238 g/mol. The van der Waals surface area contributed by atoms with Crippen molar-refractivity contribution in [2.75, 3.05) is 6.61 Å². The van der Waals surface area contributed by atoms with E-state index in [4.69, 9.17) is 9.84 Å². The standard InChI is InChI=1S/C12H18N2O3/c1-6-17-12(4,5)11-13-7(2)9(10(15)16)8(3)14-11/h6H2,1-5H3,(H,15,16). The zero-order chi connectivity index (χ0) is 13.2. The van der Waals surface area contributed by atoms with Gasteiger partial charge in [-0.05, 0) is 34.6 Å². The van der Waals surface area contributed by atoms with Crippen LogP contribution >= 0.6 is 0 Å². The van der Waals surface area contributed by atoms with Gasteiger partial charge in [0.2, 0.25) is 0 Å². The highest BCUT2D eigenvalue weighted by molar-refractivity contribution is 5.89. The molecule has 0 atom stereocenters. The molecule has 0 saturated heterocycles. The largest absolute Gasteiger partial charge is 0.478 e. The van der Waals surface area contributed by atoms with E-state index in [9.17, 15) is 4.79 Å². The van der Waals surface area contributed by atoms with Crippen LogP contribution in [0.2, 0.25) is 0 Å². The minimum absolute atomic E-state index is 0.168. The lowest BCUT2D eigenvalue weighted by Gasteiger charge is -2.24. The van der Waals surface area contributed by atoms with E-state index in [1.165, 1.54) is 0 Å². The minimum atomic E-state index is -0.999. The molecule has 0 aliphatic rings. The summed E-state index contributed by atoms with van der Waals surface area (Å²) < 4.78 is 5.55. The van der Waals surface area contributed by atoms with E-state index in [-0.39, 0.29) is 5.56 Å². The van der Waals surface area contributed by atoms with Crippen LogP contribution in [0.3, 0.4) is 0 Å². The Labute approximate surface area is 101 Å². The van der Waals surface area contributed by atoms with Crippen molar-refractivity contribution < 1.29 is 14.6 Å². The number of aryl methyl sites for hydroxylation is 2. The molecular formula is C12H18N2O3. The average Bonchev–Trinajstić information content (AvgIpc) is 2.15. The molecule has 5 nitrogen and oxygen atoms in total. The van der Waals surface area contributed by atoms with Gasteiger partial charge in [-0.15, -0.1) is 0 Å². The maximum atomic E-state index is 11.0. The van der Waals surface area contributed by atoms with Crippen molar-refractivity contribution in [1.29, 1.82) is 0 Å². The summed E-state index contributed by atoms with van der Waals surface area (Å²) in [6, 6.07) is 0. The van der Waals surface area contributed by atoms with Crippen LogP contribution in [0.5, 0.6) is 0 Å². The number of carboxylic acids is 1. The number of hydrogen-bond acceptors (Lipinski definition) is 4. The fourth-order valence-corrected chi connectivity index (χ4v) is 1.72. The molecule has 5 heteroatoms. The molecule has 0 fully saturated rings. The zero-order valence-corrected chi connectivity index (χ0v) is 10.9. The Morgan fingerprint density at radius 2 is 1.76 bits per heavy atom. The second kappa shape index (κ2) is 4.79. The Kier molecular flexibility index (Phi) is 3.83. The third-order valence-electron chi connectivity index (χ3n) is 2.53. The van der Waals surface area contributed by atoms with Crippen LogP contribution in [-0.2, 0) is 10.3 Å². The summed E-state index contributed by atoms with van der Waals surface area (Å²) in [6.07, 6.45) is 0. The van der Waals surface area contributed by atoms with E-state index in [2.05, 4.69) is 9.97 Å². The van der Waals surface area contributed by atoms with Crippen molar-refractivity contribution in [2.45, 2.75) is 40.2 Å². The Bertz CT molecular complexity index is 418. The van der Waals surface area contributed by atoms with Gasteiger partial charge in [0.05, 0.1) is 11.4 Å². The first-order valence-electron chi connectivity index (χ1n) is 5.52. The molecule has 0 amide bonds. The normalized spacial score (nSPS) is 11.6. The van der Waals surface area contributed by atoms with Crippen LogP contribution in [0.1, 0.15) is 48.3 Å². The Hall–Kier alpha value is -1.49. The molecule has 0 unspecified atom stereocenters. The number of hydrogen-bond donors (Lipinski definition) is 1. The van der Waals surface area contributed by atoms with Crippen molar-refractivity contribution in [2.24, 2.45) is 0 Å². The van der Waals surface area contributed by atoms with Crippen molar-refractivity contribution in [3.8, 4) is 0 Å². The molecule has 0 aliphatic carbocycles. The zero-order valence-electron chi connectivity index (χ0n) is 10.9. The van der Waals surface area contributed by atoms with E-state index >= 15 is 0 Å². The second-order valence-corrected chi connectivity index (χ2v) is 4.34. The number of ether oxygens (including phenoxy) is 1. The van der Waals surface area contributed by atoms with Crippen LogP contribution in [0, 0.1) is 13.8 Å². The summed E-state index contributed by atoms with van der Waals surface area (Å²) in [7, 11) is 0. The number of carbonyl (C=O) groups is 1. The van der Waals surface area contributed by atoms with Crippen LogP contribution in [0.15, 0.2) is 0 Å². The summed E-state index contributed by atoms with van der Waals surface area (Å²) in [5, 5.41) is 9.03. The predicted octanol–water partition coefficient (Wildman–Crippen LogP) is 2.06. The Morgan fingerprint density at radius 1 is 1.29 bits per heavy atom. The molecule has 0 spiro atoms. The molecule has 0 aromatic carbocycles. The first-order chi connectivity index (χ1) is 7.79. The summed E-state index contributed by atoms with van der Waals surface area (Å²) >= 11 is 0. The van der Waals surface area contributed by atoms with Crippen LogP contribution < -0.4 is 0 Å². The number of aromatic carboxylic acids is 1. The van der Waals surface area contributed by atoms with E-state index in [0.29, 0.717) is 23.8 Å². The maximum absolute atomic E-state index is 11.0. The molecule has 17 heavy (non-hydrogen) atoms. The quantitative estimate of drug-likeness (QED) is 0.869. The fraction of sp³-hybridized carbons (Fsp3) is 0.583. The smallest absolute Gasteiger partial charge is 0.339 e. The monoisotopic (exact) mass is 238 g/mol. The molecule has 1 heterocycles. The van der Waals surface area contributed by atoms with Gasteiger partial charge in [0, 0.05) is 6.61 Å². The lowest BCUT2D eigenvalue weighted by Crippen LogP contribution is -2.26. The summed E-state index contributed by atoms with van der Waals surface area (Å²) in [5.74, 6) is -0.486. The van der Waals surface area contributed by atoms with E-state index in [1.807, 2.05) is 20.8 Å². The number of rotatable bonds is 4. The van der Waals surface area contributed by atoms with E-state index < -0.39 is 11.6 Å². The predicted molar refractivity (Wildman–Crippen MR) is 63.1 cm³/mol. The van der Waals surface area contributed by atoms with Crippen LogP contribution in [0.25, 0.3) is 0 Å². The van der Waals surface area contributed by atoms with Gasteiger partial charge in [0.15, 0.2) is 5.82 Å². The summed E-state index contributed by atoms with van der Waals surface area (Å²) in [5.41, 5.74) is 0.489. The molecule has 0 radical (unpaired) electrons. The number of carboxylic acid groups (broad SMARTS) is 1. The highest BCUT2D eigenvalue weighted by atomic mass is 16.5. The first kappa shape index (κ1) is 13.6. The van der Waals surface area contributed by atoms with Crippen LogP contribution in [-0.4, -0.2) is 27.7 Å². The van der Waals surface area contributed by atoms with Gasteiger partial charge in [-0.2, -0.15) is 0 Å². The summed E-state index contributed by atoms with van der Waals surface area (Å²) in [4.78, 5) is 19.5. The topological polar surface area (TPSA) is 72.3 Å². The second-order valence-electron chi connectivity index (χ2n) is 4.34. The fourth-order valence-electron chi connectivity index (χ4n) is 1.72. The lowest BCUT2D eigenvalue weighted by molar-refractivity contribution is -0.0211. The van der Waals surface area contributed by atoms with Gasteiger partial charge in [-0.3, -0.25) is 0 Å². The van der Waals surface area contributed by atoms with Gasteiger partial charge >= 0.3 is 5.97 Å². The molecule has 0 aliphatic heterocycles. The van der Waals surface area contributed by atoms with Crippen molar-refractivity contribution >= 4 is 5.97 Å². The van der Waals surface area contributed by atoms with Gasteiger partial charge in [-0.25, -0.2) is 14.8 Å². The number of nitrogens with zero attached hydrogens (tertiary/aromatic N) is 2. The van der Waals surface area contributed by atoms with Crippen molar-refractivity contribution in [3.05, 3.63) is 22.8 Å². The van der Waals surface area contributed by atoms with E-state index in [0.717, 1.165) is 0 Å². The van der Waals surface area contributed by atoms with Gasteiger partial charge in [0.1, 0.15) is 11.2 Å². The molecule has 1 N–H and O–H groups in total. The molecular weight excluding hydrogens is 220 g/mol. The highest BCUT2D eigenvalue weighted by Gasteiger charge is 2.26. The van der Waals surface area contributed by atoms with Crippen molar-refractivity contribution in [3.63, 3.8) is 0 Å². The van der Waals surface area contributed by atoms with Crippen molar-refractivity contribution in [1.82, 2.24) is 9.97 Å². The maximum Gasteiger partial charge on any atom is 0.339 e. The third-order valence-corrected chi connectivity index (χ3v) is 2.53. The first-order valence-corrected chi connectivity index (χ1v) is 5.52. The van der Waals surface area contributed by atoms with Gasteiger partial charge < -0.3 is 9.84 Å². The molecule has 0 bridgehead atoms. The summed E-state index contributed by atoms with van der Waals surface area (Å²) in [6.45, 7) is 9.52. The molecule has 1 rings (SSSR count). The Balaban J connectivity index is 3.28. The SMILES string of the molecule is CCOC(C)(C)c1nc(C)c(C(=O)O)c(C)n1. The van der Waals surface area contributed by atoms with Gasteiger partial charge in [0.25, 0.3) is 0 Å². The third kappa shape index (κ3) is 2.79.